The van der Waals surface area contributed by atoms with E-state index in [-0.39, 0.29) is 16.7 Å². The van der Waals surface area contributed by atoms with Crippen LogP contribution in [0.1, 0.15) is 17.7 Å². The van der Waals surface area contributed by atoms with E-state index in [0.29, 0.717) is 9.13 Å². The first kappa shape index (κ1) is 11.4. The minimum absolute atomic E-state index is 0.0160. The van der Waals surface area contributed by atoms with Crippen molar-refractivity contribution in [3.05, 3.63) is 26.0 Å². The Balaban J connectivity index is 3.29. The summed E-state index contributed by atoms with van der Waals surface area (Å²) in [5.41, 5.74) is 0.0218. The fourth-order valence-electron chi connectivity index (χ4n) is 0.842. The molecule has 13 heavy (non-hydrogen) atoms. The van der Waals surface area contributed by atoms with Crippen LogP contribution in [0.15, 0.2) is 6.07 Å². The maximum absolute atomic E-state index is 12.4. The Hall–Kier alpha value is 0.320. The highest BCUT2D eigenvalue weighted by Crippen LogP contribution is 2.28. The molecule has 1 nitrogen and oxygen atoms in total. The predicted molar refractivity (Wildman–Crippen MR) is 56.5 cm³/mol. The Morgan fingerprint density at radius 2 is 2.15 bits per heavy atom. The summed E-state index contributed by atoms with van der Waals surface area (Å²) in [6.07, 6.45) is -2.64. The maximum atomic E-state index is 12.4. The van der Waals surface area contributed by atoms with E-state index in [9.17, 15) is 8.78 Å². The lowest BCUT2D eigenvalue weighted by Crippen LogP contribution is -2.00. The molecule has 0 aromatic carbocycles. The van der Waals surface area contributed by atoms with E-state index < -0.39 is 6.43 Å². The van der Waals surface area contributed by atoms with Gasteiger partial charge in [-0.2, -0.15) is 0 Å². The lowest BCUT2D eigenvalue weighted by Gasteiger charge is -2.07. The minimum atomic E-state index is -2.64. The molecule has 0 unspecified atom stereocenters. The molecule has 1 rings (SSSR count). The molecule has 0 aliphatic heterocycles. The molecule has 1 aromatic rings. The first-order chi connectivity index (χ1) is 6.06. The molecule has 1 aromatic heterocycles. The average Bonchev–Trinajstić information content (AvgIpc) is 2.02. The van der Waals surface area contributed by atoms with Crippen LogP contribution in [0.5, 0.6) is 0 Å². The topological polar surface area (TPSA) is 12.9 Å². The van der Waals surface area contributed by atoms with E-state index >= 15 is 0 Å². The van der Waals surface area contributed by atoms with Gasteiger partial charge in [-0.3, -0.25) is 0 Å². The quantitative estimate of drug-likeness (QED) is 0.451. The van der Waals surface area contributed by atoms with E-state index in [1.807, 2.05) is 22.6 Å². The lowest BCUT2D eigenvalue weighted by molar-refractivity contribution is 0.145. The van der Waals surface area contributed by atoms with Crippen LogP contribution >= 0.6 is 45.8 Å². The number of hydrogen-bond acceptors (Lipinski definition) is 1. The van der Waals surface area contributed by atoms with E-state index in [4.69, 9.17) is 23.2 Å². The van der Waals surface area contributed by atoms with E-state index in [0.717, 1.165) is 0 Å². The zero-order valence-corrected chi connectivity index (χ0v) is 9.87. The summed E-state index contributed by atoms with van der Waals surface area (Å²) in [5, 5.41) is 0.0635. The van der Waals surface area contributed by atoms with Crippen LogP contribution in [0.4, 0.5) is 8.78 Å². The van der Waals surface area contributed by atoms with Gasteiger partial charge in [0.15, 0.2) is 0 Å². The van der Waals surface area contributed by atoms with Crippen LogP contribution in [0.25, 0.3) is 0 Å². The van der Waals surface area contributed by atoms with Gasteiger partial charge < -0.3 is 0 Å². The first-order valence-electron chi connectivity index (χ1n) is 3.25. The summed E-state index contributed by atoms with van der Waals surface area (Å²) >= 11 is 12.9. The molecule has 0 atom stereocenters. The summed E-state index contributed by atoms with van der Waals surface area (Å²) < 4.78 is 25.4. The fourth-order valence-corrected chi connectivity index (χ4v) is 2.49. The van der Waals surface area contributed by atoms with Gasteiger partial charge in [-0.1, -0.05) is 11.6 Å². The van der Waals surface area contributed by atoms with Crippen LogP contribution < -0.4 is 0 Å². The molecule has 0 radical (unpaired) electrons. The van der Waals surface area contributed by atoms with Crippen LogP contribution in [-0.4, -0.2) is 4.98 Å². The third-order valence-electron chi connectivity index (χ3n) is 1.41. The highest BCUT2D eigenvalue weighted by Gasteiger charge is 2.17. The molecular weight excluding hydrogens is 334 g/mol. The fraction of sp³-hybridized carbons (Fsp3) is 0.286. The minimum Gasteiger partial charge on any atom is -0.235 e. The third-order valence-corrected chi connectivity index (χ3v) is 2.83. The normalized spacial score (nSPS) is 10.9. The molecule has 0 aliphatic rings. The second-order valence-electron chi connectivity index (χ2n) is 2.22. The summed E-state index contributed by atoms with van der Waals surface area (Å²) in [6.45, 7) is 0. The van der Waals surface area contributed by atoms with Gasteiger partial charge >= 0.3 is 0 Å². The molecule has 6 heteroatoms. The maximum Gasteiger partial charge on any atom is 0.280 e. The van der Waals surface area contributed by atoms with Crippen molar-refractivity contribution in [3.8, 4) is 0 Å². The van der Waals surface area contributed by atoms with Gasteiger partial charge in [-0.25, -0.2) is 13.8 Å². The molecule has 0 spiro atoms. The van der Waals surface area contributed by atoms with Gasteiger partial charge in [0.25, 0.3) is 6.43 Å². The Kier molecular flexibility index (Phi) is 4.12. The van der Waals surface area contributed by atoms with Gasteiger partial charge in [0.2, 0.25) is 0 Å². The van der Waals surface area contributed by atoms with Gasteiger partial charge in [0, 0.05) is 9.13 Å². The van der Waals surface area contributed by atoms with Crippen molar-refractivity contribution in [2.24, 2.45) is 0 Å². The highest BCUT2D eigenvalue weighted by atomic mass is 127. The number of nitrogens with zero attached hydrogens (tertiary/aromatic N) is 1. The number of rotatable bonds is 2. The zero-order chi connectivity index (χ0) is 10.0. The number of pyridine rings is 1. The monoisotopic (exact) mass is 337 g/mol. The van der Waals surface area contributed by atoms with E-state index in [2.05, 4.69) is 4.98 Å². The Labute approximate surface area is 97.6 Å². The van der Waals surface area contributed by atoms with E-state index in [1.54, 1.807) is 0 Å². The largest absolute Gasteiger partial charge is 0.280 e. The molecule has 0 saturated heterocycles. The van der Waals surface area contributed by atoms with Crippen molar-refractivity contribution >= 4 is 45.8 Å². The van der Waals surface area contributed by atoms with Crippen molar-refractivity contribution < 1.29 is 8.78 Å². The zero-order valence-electron chi connectivity index (χ0n) is 6.20. The molecular formula is C7H4Cl2F2IN. The standard InChI is InChI=1S/C7H4Cl2F2IN/c8-2-3-4(12)1-5(9)13-6(3)7(10)11/h1,7H,2H2. The van der Waals surface area contributed by atoms with Crippen molar-refractivity contribution in [2.45, 2.75) is 12.3 Å². The highest BCUT2D eigenvalue weighted by molar-refractivity contribution is 14.1. The smallest absolute Gasteiger partial charge is 0.235 e. The van der Waals surface area contributed by atoms with Crippen molar-refractivity contribution in [2.75, 3.05) is 0 Å². The van der Waals surface area contributed by atoms with Gasteiger partial charge in [0.1, 0.15) is 10.8 Å². The van der Waals surface area contributed by atoms with Crippen molar-refractivity contribution in [1.29, 1.82) is 0 Å². The molecule has 1 heterocycles. The second kappa shape index (κ2) is 4.70. The van der Waals surface area contributed by atoms with Gasteiger partial charge in [0.05, 0.1) is 5.88 Å². The summed E-state index contributed by atoms with van der Waals surface area (Å²) in [6, 6.07) is 1.51. The molecule has 0 amide bonds. The van der Waals surface area contributed by atoms with Gasteiger partial charge in [-0.15, -0.1) is 11.6 Å². The molecule has 0 bridgehead atoms. The predicted octanol–water partition coefficient (Wildman–Crippen LogP) is 4.02. The Bertz CT molecular complexity index is 320. The summed E-state index contributed by atoms with van der Waals surface area (Å²) in [4.78, 5) is 3.53. The number of aromatic nitrogens is 1. The molecule has 0 saturated carbocycles. The Morgan fingerprint density at radius 1 is 1.54 bits per heavy atom. The summed E-state index contributed by atoms with van der Waals surface area (Å²) in [7, 11) is 0. The van der Waals surface area contributed by atoms with Crippen molar-refractivity contribution in [3.63, 3.8) is 0 Å². The van der Waals surface area contributed by atoms with Gasteiger partial charge in [-0.05, 0) is 28.7 Å². The number of hydrogen-bond donors (Lipinski definition) is 0. The average molecular weight is 338 g/mol. The second-order valence-corrected chi connectivity index (χ2v) is 4.04. The number of alkyl halides is 3. The Morgan fingerprint density at radius 3 is 2.62 bits per heavy atom. The van der Waals surface area contributed by atoms with Crippen LogP contribution in [0.3, 0.4) is 0 Å². The first-order valence-corrected chi connectivity index (χ1v) is 5.24. The SMILES string of the molecule is FC(F)c1nc(Cl)cc(I)c1CCl. The number of halogens is 5. The lowest BCUT2D eigenvalue weighted by atomic mass is 10.2. The molecule has 0 fully saturated rings. The third kappa shape index (κ3) is 2.63. The van der Waals surface area contributed by atoms with Crippen LogP contribution in [-0.2, 0) is 5.88 Å². The van der Waals surface area contributed by atoms with E-state index in [1.165, 1.54) is 6.07 Å². The van der Waals surface area contributed by atoms with Crippen molar-refractivity contribution in [1.82, 2.24) is 4.98 Å². The molecule has 72 valence electrons. The summed E-state index contributed by atoms with van der Waals surface area (Å²) in [5.74, 6) is 0.0160. The van der Waals surface area contributed by atoms with Crippen LogP contribution in [0, 0.1) is 3.57 Å². The van der Waals surface area contributed by atoms with Crippen LogP contribution in [0.2, 0.25) is 5.15 Å². The molecule has 0 aliphatic carbocycles. The molecule has 0 N–H and O–H groups in total.